The van der Waals surface area contributed by atoms with E-state index in [1.165, 1.54) is 24.9 Å². The quantitative estimate of drug-likeness (QED) is 0.885. The molecule has 0 amide bonds. The van der Waals surface area contributed by atoms with Crippen LogP contribution in [0, 0.1) is 5.92 Å². The van der Waals surface area contributed by atoms with E-state index in [-0.39, 0.29) is 5.54 Å². The van der Waals surface area contributed by atoms with Gasteiger partial charge in [-0.2, -0.15) is 0 Å². The molecule has 0 spiro atoms. The molecule has 1 unspecified atom stereocenters. The SMILES string of the molecule is CC1(C)C(CN)CCCN1CCc1ccccc1. The molecule has 2 nitrogen and oxygen atoms in total. The van der Waals surface area contributed by atoms with Gasteiger partial charge in [0.1, 0.15) is 0 Å². The number of piperidine rings is 1. The van der Waals surface area contributed by atoms with E-state index in [4.69, 9.17) is 5.73 Å². The number of nitrogens with zero attached hydrogens (tertiary/aromatic N) is 1. The molecule has 0 saturated carbocycles. The van der Waals surface area contributed by atoms with Crippen molar-refractivity contribution in [3.8, 4) is 0 Å². The second-order valence-electron chi connectivity index (χ2n) is 5.95. The third-order valence-corrected chi connectivity index (χ3v) is 4.59. The minimum Gasteiger partial charge on any atom is -0.330 e. The normalized spacial score (nSPS) is 24.1. The van der Waals surface area contributed by atoms with Crippen molar-refractivity contribution in [2.75, 3.05) is 19.6 Å². The average molecular weight is 246 g/mol. The number of rotatable bonds is 4. The van der Waals surface area contributed by atoms with Gasteiger partial charge in [0, 0.05) is 12.1 Å². The van der Waals surface area contributed by atoms with Crippen molar-refractivity contribution in [1.82, 2.24) is 4.90 Å². The summed E-state index contributed by atoms with van der Waals surface area (Å²) in [7, 11) is 0. The predicted octanol–water partition coefficient (Wildman–Crippen LogP) is 2.68. The van der Waals surface area contributed by atoms with Crippen LogP contribution in [0.3, 0.4) is 0 Å². The van der Waals surface area contributed by atoms with Crippen molar-refractivity contribution in [3.63, 3.8) is 0 Å². The molecule has 100 valence electrons. The van der Waals surface area contributed by atoms with Gasteiger partial charge in [-0.05, 0) is 57.7 Å². The van der Waals surface area contributed by atoms with Gasteiger partial charge in [-0.3, -0.25) is 4.90 Å². The van der Waals surface area contributed by atoms with Gasteiger partial charge in [0.15, 0.2) is 0 Å². The molecule has 2 heteroatoms. The first-order valence-electron chi connectivity index (χ1n) is 7.13. The summed E-state index contributed by atoms with van der Waals surface area (Å²) in [6.45, 7) is 7.89. The van der Waals surface area contributed by atoms with Gasteiger partial charge in [-0.25, -0.2) is 0 Å². The Bertz CT molecular complexity index is 359. The molecule has 1 heterocycles. The summed E-state index contributed by atoms with van der Waals surface area (Å²) in [5.41, 5.74) is 7.61. The van der Waals surface area contributed by atoms with Crippen LogP contribution in [0.25, 0.3) is 0 Å². The van der Waals surface area contributed by atoms with Gasteiger partial charge in [-0.15, -0.1) is 0 Å². The summed E-state index contributed by atoms with van der Waals surface area (Å²) in [6, 6.07) is 10.8. The predicted molar refractivity (Wildman–Crippen MR) is 77.6 cm³/mol. The minimum absolute atomic E-state index is 0.252. The lowest BCUT2D eigenvalue weighted by Crippen LogP contribution is -2.55. The standard InChI is InChI=1S/C16H26N2/c1-16(2)15(13-17)9-6-11-18(16)12-10-14-7-4-3-5-8-14/h3-5,7-8,15H,6,9-13,17H2,1-2H3. The highest BCUT2D eigenvalue weighted by atomic mass is 15.2. The summed E-state index contributed by atoms with van der Waals surface area (Å²) in [4.78, 5) is 2.63. The van der Waals surface area contributed by atoms with Crippen molar-refractivity contribution >= 4 is 0 Å². The number of hydrogen-bond donors (Lipinski definition) is 1. The highest BCUT2D eigenvalue weighted by Crippen LogP contribution is 2.32. The molecule has 0 radical (unpaired) electrons. The number of likely N-dealkylation sites (tertiary alicyclic amines) is 1. The summed E-state index contributed by atoms with van der Waals surface area (Å²) in [6.07, 6.45) is 3.72. The average Bonchev–Trinajstić information content (AvgIpc) is 2.38. The molecule has 18 heavy (non-hydrogen) atoms. The third kappa shape index (κ3) is 2.93. The van der Waals surface area contributed by atoms with Crippen molar-refractivity contribution in [2.24, 2.45) is 11.7 Å². The fourth-order valence-electron chi connectivity index (χ4n) is 3.14. The number of hydrogen-bond acceptors (Lipinski definition) is 2. The molecule has 0 aromatic heterocycles. The van der Waals surface area contributed by atoms with Crippen LogP contribution in [0.15, 0.2) is 30.3 Å². The molecule has 1 aromatic rings. The van der Waals surface area contributed by atoms with Crippen molar-refractivity contribution in [2.45, 2.75) is 38.6 Å². The highest BCUT2D eigenvalue weighted by molar-refractivity contribution is 5.15. The largest absolute Gasteiger partial charge is 0.330 e. The lowest BCUT2D eigenvalue weighted by atomic mass is 9.79. The summed E-state index contributed by atoms with van der Waals surface area (Å²) >= 11 is 0. The van der Waals surface area contributed by atoms with Crippen molar-refractivity contribution in [3.05, 3.63) is 35.9 Å². The van der Waals surface area contributed by atoms with E-state index in [1.807, 2.05) is 0 Å². The van der Waals surface area contributed by atoms with Crippen LogP contribution in [-0.4, -0.2) is 30.1 Å². The van der Waals surface area contributed by atoms with Crippen LogP contribution in [0.2, 0.25) is 0 Å². The Morgan fingerprint density at radius 3 is 2.67 bits per heavy atom. The molecule has 1 fully saturated rings. The van der Waals surface area contributed by atoms with E-state index in [0.29, 0.717) is 5.92 Å². The Kier molecular flexibility index (Phi) is 4.41. The van der Waals surface area contributed by atoms with E-state index < -0.39 is 0 Å². The zero-order chi connectivity index (χ0) is 13.0. The van der Waals surface area contributed by atoms with Gasteiger partial charge in [0.05, 0.1) is 0 Å². The molecule has 1 aliphatic rings. The summed E-state index contributed by atoms with van der Waals surface area (Å²) in [5, 5.41) is 0. The zero-order valence-corrected chi connectivity index (χ0v) is 11.7. The fraction of sp³-hybridized carbons (Fsp3) is 0.625. The maximum Gasteiger partial charge on any atom is 0.0193 e. The number of nitrogens with two attached hydrogens (primary N) is 1. The van der Waals surface area contributed by atoms with Crippen LogP contribution >= 0.6 is 0 Å². The molecule has 1 saturated heterocycles. The second-order valence-corrected chi connectivity index (χ2v) is 5.95. The minimum atomic E-state index is 0.252. The van der Waals surface area contributed by atoms with Crippen LogP contribution in [0.1, 0.15) is 32.3 Å². The molecule has 1 aliphatic heterocycles. The maximum atomic E-state index is 5.92. The first-order chi connectivity index (χ1) is 8.64. The van der Waals surface area contributed by atoms with E-state index in [0.717, 1.165) is 19.5 Å². The Hall–Kier alpha value is -0.860. The van der Waals surface area contributed by atoms with E-state index >= 15 is 0 Å². The first-order valence-corrected chi connectivity index (χ1v) is 7.13. The number of benzene rings is 1. The second kappa shape index (κ2) is 5.85. The molecule has 2 rings (SSSR count). The lowest BCUT2D eigenvalue weighted by Gasteiger charge is -2.48. The van der Waals surface area contributed by atoms with Gasteiger partial charge < -0.3 is 5.73 Å². The van der Waals surface area contributed by atoms with Gasteiger partial charge >= 0.3 is 0 Å². The monoisotopic (exact) mass is 246 g/mol. The molecule has 0 aliphatic carbocycles. The fourth-order valence-corrected chi connectivity index (χ4v) is 3.14. The smallest absolute Gasteiger partial charge is 0.0193 e. The topological polar surface area (TPSA) is 29.3 Å². The molecular weight excluding hydrogens is 220 g/mol. The van der Waals surface area contributed by atoms with E-state index in [1.54, 1.807) is 0 Å². The van der Waals surface area contributed by atoms with Gasteiger partial charge in [0.25, 0.3) is 0 Å². The van der Waals surface area contributed by atoms with E-state index in [2.05, 4.69) is 49.1 Å². The maximum absolute atomic E-state index is 5.92. The lowest BCUT2D eigenvalue weighted by molar-refractivity contribution is 0.0268. The molecular formula is C16H26N2. The molecule has 0 bridgehead atoms. The van der Waals surface area contributed by atoms with Crippen LogP contribution in [0.5, 0.6) is 0 Å². The zero-order valence-electron chi connectivity index (χ0n) is 11.7. The van der Waals surface area contributed by atoms with Gasteiger partial charge in [0.2, 0.25) is 0 Å². The molecule has 1 atom stereocenters. The van der Waals surface area contributed by atoms with E-state index in [9.17, 15) is 0 Å². The Labute approximate surface area is 111 Å². The van der Waals surface area contributed by atoms with Crippen LogP contribution < -0.4 is 5.73 Å². The summed E-state index contributed by atoms with van der Waals surface area (Å²) in [5.74, 6) is 0.641. The highest BCUT2D eigenvalue weighted by Gasteiger charge is 2.36. The third-order valence-electron chi connectivity index (χ3n) is 4.59. The summed E-state index contributed by atoms with van der Waals surface area (Å²) < 4.78 is 0. The van der Waals surface area contributed by atoms with Crippen LogP contribution in [-0.2, 0) is 6.42 Å². The Morgan fingerprint density at radius 2 is 2.00 bits per heavy atom. The van der Waals surface area contributed by atoms with Crippen molar-refractivity contribution < 1.29 is 0 Å². The Balaban J connectivity index is 1.96. The van der Waals surface area contributed by atoms with Crippen LogP contribution in [0.4, 0.5) is 0 Å². The first kappa shape index (κ1) is 13.6. The van der Waals surface area contributed by atoms with Crippen molar-refractivity contribution in [1.29, 1.82) is 0 Å². The Morgan fingerprint density at radius 1 is 1.28 bits per heavy atom. The van der Waals surface area contributed by atoms with Gasteiger partial charge in [-0.1, -0.05) is 30.3 Å². The molecule has 2 N–H and O–H groups in total. The molecule has 1 aromatic carbocycles.